The quantitative estimate of drug-likeness (QED) is 0.164. The van der Waals surface area contributed by atoms with Gasteiger partial charge in [0.05, 0.1) is 31.2 Å². The standard InChI is InChI=1S/C34H34N2O9/c1-4-5-6-32-35-25(14-24(34(39)40)13-23-15-30-31(45-20-44-30)17-28(23)42-3)18-36(32)27-12-11-26(41-2)16-29(27)43-19-21-7-9-22(10-8-21)33(37)38/h7-12,14-18H,4-6,13,19-20H2,1-3H3,(H,37,38)(H,39,40). The number of nitrogens with zero attached hydrogens (tertiary/aromatic N) is 2. The molecule has 0 amide bonds. The molecule has 2 heterocycles. The van der Waals surface area contributed by atoms with Crippen molar-refractivity contribution in [2.45, 2.75) is 39.2 Å². The number of imidazole rings is 1. The van der Waals surface area contributed by atoms with Gasteiger partial charge in [0.25, 0.3) is 0 Å². The van der Waals surface area contributed by atoms with Crippen LogP contribution < -0.4 is 23.7 Å². The van der Waals surface area contributed by atoms with Crippen LogP contribution in [0.4, 0.5) is 0 Å². The van der Waals surface area contributed by atoms with E-state index in [9.17, 15) is 19.8 Å². The fraction of sp³-hybridized carbons (Fsp3) is 0.265. The van der Waals surface area contributed by atoms with Crippen LogP contribution in [0.1, 0.15) is 52.8 Å². The van der Waals surface area contributed by atoms with E-state index in [2.05, 4.69) is 6.92 Å². The molecule has 0 unspecified atom stereocenters. The van der Waals surface area contributed by atoms with Gasteiger partial charge in [0.1, 0.15) is 29.7 Å². The Bertz CT molecular complexity index is 1720. The molecular formula is C34H34N2O9. The van der Waals surface area contributed by atoms with Crippen LogP contribution in [0.25, 0.3) is 11.8 Å². The third-order valence-electron chi connectivity index (χ3n) is 7.33. The van der Waals surface area contributed by atoms with Crippen molar-refractivity contribution < 1.29 is 43.5 Å². The number of fused-ring (bicyclic) bond motifs is 1. The summed E-state index contributed by atoms with van der Waals surface area (Å²) >= 11 is 0. The Hall–Kier alpha value is -5.45. The van der Waals surface area contributed by atoms with Gasteiger partial charge in [-0.05, 0) is 48.4 Å². The summed E-state index contributed by atoms with van der Waals surface area (Å²) in [4.78, 5) is 28.5. The van der Waals surface area contributed by atoms with Gasteiger partial charge in [0.2, 0.25) is 6.79 Å². The molecule has 0 saturated heterocycles. The first-order valence-corrected chi connectivity index (χ1v) is 14.4. The molecule has 4 aromatic rings. The number of aromatic carboxylic acids is 1. The largest absolute Gasteiger partial charge is 0.497 e. The highest BCUT2D eigenvalue weighted by atomic mass is 16.7. The van der Waals surface area contributed by atoms with E-state index < -0.39 is 11.9 Å². The van der Waals surface area contributed by atoms with E-state index in [0.717, 1.165) is 24.2 Å². The predicted octanol–water partition coefficient (Wildman–Crippen LogP) is 5.95. The molecule has 1 aliphatic rings. The molecule has 2 N–H and O–H groups in total. The normalized spacial score (nSPS) is 12.2. The molecule has 0 saturated carbocycles. The third kappa shape index (κ3) is 7.20. The summed E-state index contributed by atoms with van der Waals surface area (Å²) in [6.45, 7) is 2.37. The summed E-state index contributed by atoms with van der Waals surface area (Å²) in [5, 5.41) is 19.4. The highest BCUT2D eigenvalue weighted by molar-refractivity contribution is 5.92. The number of aryl methyl sites for hydroxylation is 1. The van der Waals surface area contributed by atoms with Gasteiger partial charge < -0.3 is 33.9 Å². The molecule has 11 nitrogen and oxygen atoms in total. The van der Waals surface area contributed by atoms with Crippen molar-refractivity contribution in [3.8, 4) is 34.4 Å². The number of aliphatic carboxylic acids is 1. The minimum Gasteiger partial charge on any atom is -0.497 e. The van der Waals surface area contributed by atoms with Gasteiger partial charge in [-0.1, -0.05) is 25.5 Å². The number of carboxylic acid groups (broad SMARTS) is 2. The Morgan fingerprint density at radius 2 is 1.73 bits per heavy atom. The summed E-state index contributed by atoms with van der Waals surface area (Å²) < 4.78 is 30.0. The molecule has 0 spiro atoms. The van der Waals surface area contributed by atoms with Crippen molar-refractivity contribution in [3.05, 3.63) is 94.6 Å². The van der Waals surface area contributed by atoms with Crippen LogP contribution >= 0.6 is 0 Å². The summed E-state index contributed by atoms with van der Waals surface area (Å²) in [7, 11) is 3.09. The zero-order valence-electron chi connectivity index (χ0n) is 25.2. The van der Waals surface area contributed by atoms with E-state index >= 15 is 0 Å². The number of benzene rings is 3. The van der Waals surface area contributed by atoms with Crippen LogP contribution in [0, 0.1) is 0 Å². The van der Waals surface area contributed by atoms with Crippen molar-refractivity contribution in [3.63, 3.8) is 0 Å². The van der Waals surface area contributed by atoms with Gasteiger partial charge in [-0.25, -0.2) is 14.6 Å². The van der Waals surface area contributed by atoms with Gasteiger partial charge in [0.15, 0.2) is 11.5 Å². The van der Waals surface area contributed by atoms with Crippen molar-refractivity contribution in [1.82, 2.24) is 9.55 Å². The Morgan fingerprint density at radius 1 is 0.978 bits per heavy atom. The second kappa shape index (κ2) is 13.9. The first kappa shape index (κ1) is 31.0. The Morgan fingerprint density at radius 3 is 2.40 bits per heavy atom. The highest BCUT2D eigenvalue weighted by Gasteiger charge is 2.21. The summed E-state index contributed by atoms with van der Waals surface area (Å²) in [5.74, 6) is 1.36. The Kier molecular flexibility index (Phi) is 9.57. The number of hydrogen-bond acceptors (Lipinski definition) is 8. The number of hydrogen-bond donors (Lipinski definition) is 2. The van der Waals surface area contributed by atoms with E-state index in [1.54, 1.807) is 49.7 Å². The Balaban J connectivity index is 1.49. The number of unbranched alkanes of at least 4 members (excludes halogenated alkanes) is 1. The van der Waals surface area contributed by atoms with Crippen LogP contribution in [0.15, 0.2) is 66.4 Å². The molecule has 45 heavy (non-hydrogen) atoms. The van der Waals surface area contributed by atoms with Crippen LogP contribution in [0.3, 0.4) is 0 Å². The molecule has 0 radical (unpaired) electrons. The summed E-state index contributed by atoms with van der Waals surface area (Å²) in [6, 6.07) is 15.4. The van der Waals surface area contributed by atoms with E-state index in [-0.39, 0.29) is 31.0 Å². The van der Waals surface area contributed by atoms with E-state index in [0.29, 0.717) is 52.1 Å². The number of rotatable bonds is 14. The van der Waals surface area contributed by atoms with Crippen molar-refractivity contribution in [2.24, 2.45) is 0 Å². The van der Waals surface area contributed by atoms with Gasteiger partial charge in [-0.2, -0.15) is 0 Å². The van der Waals surface area contributed by atoms with Gasteiger partial charge in [-0.15, -0.1) is 0 Å². The van der Waals surface area contributed by atoms with Crippen molar-refractivity contribution in [1.29, 1.82) is 0 Å². The van der Waals surface area contributed by atoms with Gasteiger partial charge in [-0.3, -0.25) is 4.57 Å². The summed E-state index contributed by atoms with van der Waals surface area (Å²) in [6.07, 6.45) is 5.91. The van der Waals surface area contributed by atoms with Gasteiger partial charge in [0, 0.05) is 42.3 Å². The lowest BCUT2D eigenvalue weighted by atomic mass is 10.0. The molecule has 1 aliphatic heterocycles. The fourth-order valence-electron chi connectivity index (χ4n) is 4.93. The topological polar surface area (TPSA) is 139 Å². The van der Waals surface area contributed by atoms with Crippen LogP contribution in [-0.4, -0.2) is 52.7 Å². The average Bonchev–Trinajstić information content (AvgIpc) is 3.68. The first-order valence-electron chi connectivity index (χ1n) is 14.4. The maximum absolute atomic E-state index is 12.4. The number of ether oxygens (including phenoxy) is 5. The maximum atomic E-state index is 12.4. The third-order valence-corrected chi connectivity index (χ3v) is 7.33. The van der Waals surface area contributed by atoms with E-state index in [4.69, 9.17) is 28.7 Å². The second-order valence-electron chi connectivity index (χ2n) is 10.3. The van der Waals surface area contributed by atoms with Crippen molar-refractivity contribution in [2.75, 3.05) is 21.0 Å². The highest BCUT2D eigenvalue weighted by Crippen LogP contribution is 2.39. The predicted molar refractivity (Wildman–Crippen MR) is 165 cm³/mol. The zero-order chi connectivity index (χ0) is 31.9. The SMILES string of the molecule is CCCCc1nc(C=C(Cc2cc3c(cc2OC)OCO3)C(=O)O)cn1-c1ccc(OC)cc1OCc1ccc(C(=O)O)cc1. The minimum absolute atomic E-state index is 0.0733. The molecule has 11 heteroatoms. The van der Waals surface area contributed by atoms with E-state index in [1.807, 2.05) is 16.7 Å². The lowest BCUT2D eigenvalue weighted by Gasteiger charge is -2.15. The zero-order valence-corrected chi connectivity index (χ0v) is 25.2. The Labute approximate surface area is 260 Å². The molecular weight excluding hydrogens is 580 g/mol. The number of methoxy groups -OCH3 is 2. The van der Waals surface area contributed by atoms with Crippen LogP contribution in [-0.2, 0) is 24.2 Å². The number of aromatic nitrogens is 2. The molecule has 3 aromatic carbocycles. The lowest BCUT2D eigenvalue weighted by Crippen LogP contribution is -2.05. The van der Waals surface area contributed by atoms with E-state index in [1.165, 1.54) is 19.2 Å². The monoisotopic (exact) mass is 614 g/mol. The molecule has 0 aliphatic carbocycles. The smallest absolute Gasteiger partial charge is 0.335 e. The molecule has 0 atom stereocenters. The van der Waals surface area contributed by atoms with Gasteiger partial charge >= 0.3 is 11.9 Å². The molecule has 5 rings (SSSR count). The second-order valence-corrected chi connectivity index (χ2v) is 10.3. The maximum Gasteiger partial charge on any atom is 0.335 e. The number of carboxylic acids is 2. The molecule has 1 aromatic heterocycles. The van der Waals surface area contributed by atoms with Crippen LogP contribution in [0.5, 0.6) is 28.7 Å². The first-order chi connectivity index (χ1) is 21.8. The molecule has 234 valence electrons. The van der Waals surface area contributed by atoms with Crippen molar-refractivity contribution >= 4 is 18.0 Å². The average molecular weight is 615 g/mol. The number of carbonyl (C=O) groups is 2. The fourth-order valence-corrected chi connectivity index (χ4v) is 4.93. The summed E-state index contributed by atoms with van der Waals surface area (Å²) in [5.41, 5.74) is 2.92. The molecule has 0 bridgehead atoms. The molecule has 0 fully saturated rings. The lowest BCUT2D eigenvalue weighted by molar-refractivity contribution is -0.132. The van der Waals surface area contributed by atoms with Crippen LogP contribution in [0.2, 0.25) is 0 Å². The minimum atomic E-state index is -1.08.